The Morgan fingerprint density at radius 1 is 1.08 bits per heavy atom. The number of benzene rings is 1. The highest BCUT2D eigenvalue weighted by molar-refractivity contribution is 7.91. The summed E-state index contributed by atoms with van der Waals surface area (Å²) in [5.41, 5.74) is 0.911. The molecule has 2 heterocycles. The molecule has 3 rings (SSSR count). The molecule has 0 N–H and O–H groups in total. The van der Waals surface area contributed by atoms with Gasteiger partial charge in [-0.15, -0.1) is 11.3 Å². The molecule has 0 radical (unpaired) electrons. The third kappa shape index (κ3) is 4.31. The van der Waals surface area contributed by atoms with Gasteiger partial charge in [0, 0.05) is 37.5 Å². The highest BCUT2D eigenvalue weighted by atomic mass is 32.2. The van der Waals surface area contributed by atoms with Crippen LogP contribution >= 0.6 is 11.3 Å². The van der Waals surface area contributed by atoms with Gasteiger partial charge in [0.1, 0.15) is 10.0 Å². The molecule has 8 heteroatoms. The molecule has 1 saturated heterocycles. The van der Waals surface area contributed by atoms with E-state index in [-0.39, 0.29) is 11.7 Å². The van der Waals surface area contributed by atoms with Crippen molar-refractivity contribution in [1.29, 1.82) is 0 Å². The van der Waals surface area contributed by atoms with Crippen molar-refractivity contribution in [1.82, 2.24) is 9.21 Å². The molecule has 1 amide bonds. The molecule has 1 aromatic carbocycles. The number of thiophene rings is 1. The number of hydrogen-bond acceptors (Lipinski definition) is 4. The molecule has 0 aliphatic carbocycles. The fourth-order valence-corrected chi connectivity index (χ4v) is 5.78. The third-order valence-electron chi connectivity index (χ3n) is 4.44. The van der Waals surface area contributed by atoms with E-state index in [9.17, 15) is 17.6 Å². The summed E-state index contributed by atoms with van der Waals surface area (Å²) in [5.74, 6) is -0.295. The number of aryl methyl sites for hydroxylation is 2. The van der Waals surface area contributed by atoms with Crippen molar-refractivity contribution in [3.63, 3.8) is 0 Å². The van der Waals surface area contributed by atoms with Crippen LogP contribution in [-0.2, 0) is 21.2 Å². The van der Waals surface area contributed by atoms with Crippen LogP contribution < -0.4 is 0 Å². The predicted octanol–water partition coefficient (Wildman–Crippen LogP) is 2.66. The van der Waals surface area contributed by atoms with E-state index >= 15 is 0 Å². The van der Waals surface area contributed by atoms with Crippen LogP contribution in [0.1, 0.15) is 16.9 Å². The number of sulfonamides is 1. The lowest BCUT2D eigenvalue weighted by molar-refractivity contribution is -0.132. The number of rotatable bonds is 5. The normalized spacial score (nSPS) is 16.0. The van der Waals surface area contributed by atoms with E-state index < -0.39 is 10.0 Å². The summed E-state index contributed by atoms with van der Waals surface area (Å²) in [7, 11) is -3.47. The molecule has 0 unspecified atom stereocenters. The van der Waals surface area contributed by atoms with Crippen molar-refractivity contribution < 1.29 is 17.6 Å². The molecule has 1 aromatic heterocycles. The number of hydrogen-bond donors (Lipinski definition) is 0. The van der Waals surface area contributed by atoms with E-state index in [4.69, 9.17) is 0 Å². The molecule has 0 saturated carbocycles. The van der Waals surface area contributed by atoms with Gasteiger partial charge in [0.2, 0.25) is 5.91 Å². The van der Waals surface area contributed by atoms with E-state index in [1.807, 2.05) is 6.92 Å². The molecular weight excluding hydrogens is 375 g/mol. The molecule has 0 spiro atoms. The minimum atomic E-state index is -3.47. The van der Waals surface area contributed by atoms with Gasteiger partial charge < -0.3 is 4.90 Å². The number of amides is 1. The third-order valence-corrected chi connectivity index (χ3v) is 7.81. The Labute approximate surface area is 157 Å². The highest BCUT2D eigenvalue weighted by Crippen LogP contribution is 2.25. The van der Waals surface area contributed by atoms with Gasteiger partial charge >= 0.3 is 0 Å². The van der Waals surface area contributed by atoms with Gasteiger partial charge in [-0.3, -0.25) is 4.79 Å². The Bertz CT molecular complexity index is 870. The molecular formula is C18H21FN2O3S2. The van der Waals surface area contributed by atoms with Crippen molar-refractivity contribution >= 4 is 27.3 Å². The zero-order chi connectivity index (χ0) is 18.7. The first-order valence-electron chi connectivity index (χ1n) is 8.45. The van der Waals surface area contributed by atoms with Gasteiger partial charge in [-0.25, -0.2) is 12.8 Å². The average Bonchev–Trinajstić information content (AvgIpc) is 3.08. The van der Waals surface area contributed by atoms with Crippen LogP contribution in [0.25, 0.3) is 0 Å². The second-order valence-electron chi connectivity index (χ2n) is 6.28. The summed E-state index contributed by atoms with van der Waals surface area (Å²) < 4.78 is 39.9. The Hall–Kier alpha value is -1.77. The molecule has 26 heavy (non-hydrogen) atoms. The van der Waals surface area contributed by atoms with Crippen molar-refractivity contribution in [3.8, 4) is 0 Å². The van der Waals surface area contributed by atoms with Crippen LogP contribution in [0.5, 0.6) is 0 Å². The van der Waals surface area contributed by atoms with E-state index in [2.05, 4.69) is 0 Å². The van der Waals surface area contributed by atoms with Crippen LogP contribution in [0.4, 0.5) is 4.39 Å². The van der Waals surface area contributed by atoms with E-state index in [1.165, 1.54) is 27.8 Å². The van der Waals surface area contributed by atoms with Crippen LogP contribution in [0.3, 0.4) is 0 Å². The first-order valence-corrected chi connectivity index (χ1v) is 10.7. The zero-order valence-electron chi connectivity index (χ0n) is 14.5. The van der Waals surface area contributed by atoms with Gasteiger partial charge in [0.05, 0.1) is 0 Å². The highest BCUT2D eigenvalue weighted by Gasteiger charge is 2.30. The standard InChI is InChI=1S/C18H21FN2O3S2/c1-14-2-9-18(25-14)26(23,24)21-12-10-20(11-13-21)17(22)8-5-15-3-6-16(19)7-4-15/h2-4,6-7,9H,5,8,10-13H2,1H3. The topological polar surface area (TPSA) is 57.7 Å². The van der Waals surface area contributed by atoms with Gasteiger partial charge in [0.25, 0.3) is 10.0 Å². The van der Waals surface area contributed by atoms with Crippen LogP contribution in [0.2, 0.25) is 0 Å². The molecule has 1 aliphatic heterocycles. The van der Waals surface area contributed by atoms with Crippen LogP contribution in [0.15, 0.2) is 40.6 Å². The Kier molecular flexibility index (Phi) is 5.74. The minimum absolute atomic E-state index is 0.00154. The first kappa shape index (κ1) is 19.0. The Morgan fingerprint density at radius 3 is 2.31 bits per heavy atom. The maximum Gasteiger partial charge on any atom is 0.252 e. The van der Waals surface area contributed by atoms with Crippen LogP contribution in [-0.4, -0.2) is 49.7 Å². The molecule has 1 aliphatic rings. The monoisotopic (exact) mass is 396 g/mol. The fraction of sp³-hybridized carbons (Fsp3) is 0.389. The molecule has 140 valence electrons. The van der Waals surface area contributed by atoms with Gasteiger partial charge in [0.15, 0.2) is 0 Å². The molecule has 2 aromatic rings. The van der Waals surface area contributed by atoms with Gasteiger partial charge in [-0.2, -0.15) is 4.31 Å². The maximum absolute atomic E-state index is 12.9. The molecule has 0 atom stereocenters. The summed E-state index contributed by atoms with van der Waals surface area (Å²) in [6, 6.07) is 9.56. The molecule has 5 nitrogen and oxygen atoms in total. The summed E-state index contributed by atoms with van der Waals surface area (Å²) in [5, 5.41) is 0. The lowest BCUT2D eigenvalue weighted by Gasteiger charge is -2.33. The average molecular weight is 397 g/mol. The zero-order valence-corrected chi connectivity index (χ0v) is 16.2. The number of halogens is 1. The predicted molar refractivity (Wildman–Crippen MR) is 99.1 cm³/mol. The number of nitrogens with zero attached hydrogens (tertiary/aromatic N) is 2. The summed E-state index contributed by atoms with van der Waals surface area (Å²) >= 11 is 1.27. The lowest BCUT2D eigenvalue weighted by atomic mass is 10.1. The first-order chi connectivity index (χ1) is 12.4. The lowest BCUT2D eigenvalue weighted by Crippen LogP contribution is -2.50. The van der Waals surface area contributed by atoms with Crippen LogP contribution in [0, 0.1) is 12.7 Å². The van der Waals surface area contributed by atoms with Crippen molar-refractivity contribution in [2.24, 2.45) is 0 Å². The van der Waals surface area contributed by atoms with E-state index in [0.717, 1.165) is 10.4 Å². The SMILES string of the molecule is Cc1ccc(S(=O)(=O)N2CCN(C(=O)CCc3ccc(F)cc3)CC2)s1. The van der Waals surface area contributed by atoms with Gasteiger partial charge in [-0.1, -0.05) is 12.1 Å². The Balaban J connectivity index is 1.53. The maximum atomic E-state index is 12.9. The van der Waals surface area contributed by atoms with E-state index in [1.54, 1.807) is 29.2 Å². The van der Waals surface area contributed by atoms with Crippen molar-refractivity contribution in [3.05, 3.63) is 52.7 Å². The smallest absolute Gasteiger partial charge is 0.252 e. The quantitative estimate of drug-likeness (QED) is 0.781. The molecule has 1 fully saturated rings. The van der Waals surface area contributed by atoms with E-state index in [0.29, 0.717) is 43.2 Å². The summed E-state index contributed by atoms with van der Waals surface area (Å²) in [6.45, 7) is 3.28. The molecule has 0 bridgehead atoms. The number of carbonyl (C=O) groups excluding carboxylic acids is 1. The second-order valence-corrected chi connectivity index (χ2v) is 9.73. The van der Waals surface area contributed by atoms with Gasteiger partial charge in [-0.05, 0) is 43.2 Å². The Morgan fingerprint density at radius 2 is 1.73 bits per heavy atom. The second kappa shape index (κ2) is 7.85. The number of carbonyl (C=O) groups is 1. The summed E-state index contributed by atoms with van der Waals surface area (Å²) in [4.78, 5) is 15.0. The largest absolute Gasteiger partial charge is 0.340 e. The minimum Gasteiger partial charge on any atom is -0.340 e. The van der Waals surface area contributed by atoms with Crippen molar-refractivity contribution in [2.75, 3.05) is 26.2 Å². The fourth-order valence-electron chi connectivity index (χ4n) is 2.92. The van der Waals surface area contributed by atoms with Crippen molar-refractivity contribution in [2.45, 2.75) is 24.0 Å². The summed E-state index contributed by atoms with van der Waals surface area (Å²) in [6.07, 6.45) is 0.884. The number of piperazine rings is 1.